The highest BCUT2D eigenvalue weighted by molar-refractivity contribution is 6.05. The molecule has 0 radical (unpaired) electrons. The van der Waals surface area contributed by atoms with Gasteiger partial charge in [0.15, 0.2) is 11.5 Å². The van der Waals surface area contributed by atoms with E-state index in [0.717, 1.165) is 34.5 Å². The minimum Gasteiger partial charge on any atom is -0.488 e. The molecular weight excluding hydrogens is 316 g/mol. The van der Waals surface area contributed by atoms with Gasteiger partial charge in [0.2, 0.25) is 0 Å². The molecule has 0 bridgehead atoms. The maximum atomic E-state index is 12.7. The Balaban J connectivity index is 1.68. The number of fused-ring (bicyclic) bond motifs is 3. The maximum absolute atomic E-state index is 12.7. The van der Waals surface area contributed by atoms with Crippen LogP contribution >= 0.6 is 0 Å². The van der Waals surface area contributed by atoms with E-state index in [0.29, 0.717) is 11.3 Å². The summed E-state index contributed by atoms with van der Waals surface area (Å²) in [5, 5.41) is 6.94. The van der Waals surface area contributed by atoms with Crippen molar-refractivity contribution in [2.45, 2.75) is 26.9 Å². The van der Waals surface area contributed by atoms with E-state index >= 15 is 0 Å². The highest BCUT2D eigenvalue weighted by Crippen LogP contribution is 2.39. The number of aromatic nitrogens is 1. The highest BCUT2D eigenvalue weighted by atomic mass is 16.5. The Kier molecular flexibility index (Phi) is 3.76. The highest BCUT2D eigenvalue weighted by Gasteiger charge is 2.29. The number of aryl methyl sites for hydroxylation is 2. The molecule has 0 aliphatic carbocycles. The summed E-state index contributed by atoms with van der Waals surface area (Å²) in [6.45, 7) is 4.32. The first kappa shape index (κ1) is 15.4. The molecule has 5 nitrogen and oxygen atoms in total. The molecule has 3 aromatic rings. The van der Waals surface area contributed by atoms with Gasteiger partial charge < -0.3 is 14.6 Å². The third kappa shape index (κ3) is 2.67. The largest absolute Gasteiger partial charge is 0.488 e. The van der Waals surface area contributed by atoms with Gasteiger partial charge >= 0.3 is 0 Å². The zero-order valence-electron chi connectivity index (χ0n) is 14.1. The van der Waals surface area contributed by atoms with E-state index in [1.54, 1.807) is 0 Å². The van der Waals surface area contributed by atoms with Gasteiger partial charge in [0.05, 0.1) is 11.1 Å². The Morgan fingerprint density at radius 2 is 2.08 bits per heavy atom. The van der Waals surface area contributed by atoms with Crippen molar-refractivity contribution in [1.82, 2.24) is 5.16 Å². The summed E-state index contributed by atoms with van der Waals surface area (Å²) in [6, 6.07) is 13.6. The van der Waals surface area contributed by atoms with E-state index in [2.05, 4.69) is 17.4 Å². The number of amides is 1. The van der Waals surface area contributed by atoms with Crippen LogP contribution in [-0.4, -0.2) is 11.1 Å². The zero-order valence-corrected chi connectivity index (χ0v) is 14.1. The Morgan fingerprint density at radius 1 is 1.24 bits per heavy atom. The number of benzene rings is 2. The molecule has 0 spiro atoms. The van der Waals surface area contributed by atoms with Crippen molar-refractivity contribution in [2.75, 3.05) is 5.32 Å². The van der Waals surface area contributed by atoms with Gasteiger partial charge in [0, 0.05) is 5.69 Å². The molecule has 126 valence electrons. The second-order valence-corrected chi connectivity index (χ2v) is 6.09. The number of rotatable bonds is 3. The van der Waals surface area contributed by atoms with Crippen LogP contribution in [0.15, 0.2) is 47.0 Å². The first-order valence-corrected chi connectivity index (χ1v) is 8.29. The molecule has 25 heavy (non-hydrogen) atoms. The number of hydrogen-bond donors (Lipinski definition) is 1. The van der Waals surface area contributed by atoms with Crippen LogP contribution in [0, 0.1) is 6.92 Å². The van der Waals surface area contributed by atoms with Crippen LogP contribution in [-0.2, 0) is 13.0 Å². The lowest BCUT2D eigenvalue weighted by Crippen LogP contribution is -2.17. The lowest BCUT2D eigenvalue weighted by atomic mass is 10.0. The molecule has 1 aliphatic rings. The SMILES string of the molecule is CCc1ccccc1NC(=O)c1noc2c1COc1ccc(C)cc1-2. The summed E-state index contributed by atoms with van der Waals surface area (Å²) in [6.07, 6.45) is 0.836. The number of hydrogen-bond acceptors (Lipinski definition) is 4. The summed E-state index contributed by atoms with van der Waals surface area (Å²) < 4.78 is 11.3. The van der Waals surface area contributed by atoms with Crippen molar-refractivity contribution in [1.29, 1.82) is 0 Å². The molecule has 1 aliphatic heterocycles. The summed E-state index contributed by atoms with van der Waals surface area (Å²) in [5.74, 6) is 1.07. The van der Waals surface area contributed by atoms with E-state index in [1.165, 1.54) is 0 Å². The Morgan fingerprint density at radius 3 is 2.92 bits per heavy atom. The minimum atomic E-state index is -0.286. The quantitative estimate of drug-likeness (QED) is 0.773. The molecule has 5 heteroatoms. The van der Waals surface area contributed by atoms with Gasteiger partial charge in [0.1, 0.15) is 12.4 Å². The second kappa shape index (κ2) is 6.09. The van der Waals surface area contributed by atoms with E-state index in [4.69, 9.17) is 9.26 Å². The molecular formula is C20H18N2O3. The average Bonchev–Trinajstić information content (AvgIpc) is 3.07. The maximum Gasteiger partial charge on any atom is 0.278 e. The molecule has 1 aromatic heterocycles. The van der Waals surface area contributed by atoms with Crippen molar-refractivity contribution in [3.63, 3.8) is 0 Å². The predicted molar refractivity (Wildman–Crippen MR) is 94.8 cm³/mol. The number of carbonyl (C=O) groups is 1. The van der Waals surface area contributed by atoms with Crippen LogP contribution in [0.25, 0.3) is 11.3 Å². The van der Waals surface area contributed by atoms with Crippen LogP contribution in [0.3, 0.4) is 0 Å². The van der Waals surface area contributed by atoms with Gasteiger partial charge in [-0.1, -0.05) is 41.9 Å². The topological polar surface area (TPSA) is 64.4 Å². The van der Waals surface area contributed by atoms with Crippen LogP contribution in [0.2, 0.25) is 0 Å². The molecule has 0 saturated heterocycles. The van der Waals surface area contributed by atoms with Crippen LogP contribution < -0.4 is 10.1 Å². The van der Waals surface area contributed by atoms with E-state index in [-0.39, 0.29) is 18.2 Å². The molecule has 4 rings (SSSR count). The van der Waals surface area contributed by atoms with Crippen LogP contribution in [0.5, 0.6) is 5.75 Å². The molecule has 0 atom stereocenters. The number of nitrogens with one attached hydrogen (secondary N) is 1. The Hall–Kier alpha value is -3.08. The van der Waals surface area contributed by atoms with Crippen molar-refractivity contribution in [3.05, 3.63) is 64.8 Å². The predicted octanol–water partition coefficient (Wildman–Crippen LogP) is 4.36. The lowest BCUT2D eigenvalue weighted by molar-refractivity contribution is 0.101. The summed E-state index contributed by atoms with van der Waals surface area (Å²) in [4.78, 5) is 12.7. The summed E-state index contributed by atoms with van der Waals surface area (Å²) >= 11 is 0. The standard InChI is InChI=1S/C20H18N2O3/c1-3-13-6-4-5-7-16(13)21-20(23)18-15-11-24-17-9-8-12(2)10-14(17)19(15)25-22-18/h4-10H,3,11H2,1-2H3,(H,21,23). The number of para-hydroxylation sites is 1. The monoisotopic (exact) mass is 334 g/mol. The minimum absolute atomic E-state index is 0.271. The third-order valence-corrected chi connectivity index (χ3v) is 4.40. The van der Waals surface area contributed by atoms with Gasteiger partial charge in [-0.15, -0.1) is 0 Å². The second-order valence-electron chi connectivity index (χ2n) is 6.09. The first-order valence-electron chi connectivity index (χ1n) is 8.29. The molecule has 0 saturated carbocycles. The fourth-order valence-corrected chi connectivity index (χ4v) is 3.06. The van der Waals surface area contributed by atoms with Gasteiger partial charge in [-0.25, -0.2) is 0 Å². The summed E-state index contributed by atoms with van der Waals surface area (Å²) in [5.41, 5.74) is 4.75. The molecule has 0 unspecified atom stereocenters. The van der Waals surface area contributed by atoms with Crippen molar-refractivity contribution in [3.8, 4) is 17.1 Å². The van der Waals surface area contributed by atoms with E-state index in [1.807, 2.05) is 49.4 Å². The van der Waals surface area contributed by atoms with Gasteiger partial charge in [-0.2, -0.15) is 0 Å². The van der Waals surface area contributed by atoms with Crippen LogP contribution in [0.1, 0.15) is 34.1 Å². The normalized spacial score (nSPS) is 12.1. The molecule has 2 aromatic carbocycles. The molecule has 1 amide bonds. The third-order valence-electron chi connectivity index (χ3n) is 4.40. The van der Waals surface area contributed by atoms with Gasteiger partial charge in [-0.3, -0.25) is 4.79 Å². The van der Waals surface area contributed by atoms with Crippen LogP contribution in [0.4, 0.5) is 5.69 Å². The molecule has 1 N–H and O–H groups in total. The van der Waals surface area contributed by atoms with Crippen molar-refractivity contribution >= 4 is 11.6 Å². The first-order chi connectivity index (χ1) is 12.2. The number of ether oxygens (including phenoxy) is 1. The number of nitrogens with zero attached hydrogens (tertiary/aromatic N) is 1. The Bertz CT molecular complexity index is 959. The zero-order chi connectivity index (χ0) is 17.4. The van der Waals surface area contributed by atoms with Gasteiger partial charge in [-0.05, 0) is 37.1 Å². The van der Waals surface area contributed by atoms with Crippen molar-refractivity contribution < 1.29 is 14.1 Å². The van der Waals surface area contributed by atoms with E-state index in [9.17, 15) is 4.79 Å². The van der Waals surface area contributed by atoms with Gasteiger partial charge in [0.25, 0.3) is 5.91 Å². The average molecular weight is 334 g/mol. The van der Waals surface area contributed by atoms with E-state index < -0.39 is 0 Å². The fraction of sp³-hybridized carbons (Fsp3) is 0.200. The molecule has 0 fully saturated rings. The number of anilines is 1. The smallest absolute Gasteiger partial charge is 0.278 e. The fourth-order valence-electron chi connectivity index (χ4n) is 3.06. The summed E-state index contributed by atoms with van der Waals surface area (Å²) in [7, 11) is 0. The Labute approximate surface area is 145 Å². The lowest BCUT2D eigenvalue weighted by Gasteiger charge is -2.16. The number of carbonyl (C=O) groups excluding carboxylic acids is 1. The van der Waals surface area contributed by atoms with Crippen molar-refractivity contribution in [2.24, 2.45) is 0 Å². The molecule has 2 heterocycles.